The van der Waals surface area contributed by atoms with Gasteiger partial charge in [0.15, 0.2) is 6.29 Å². The number of esters is 2. The van der Waals surface area contributed by atoms with Gasteiger partial charge in [0.1, 0.15) is 18.8 Å². The van der Waals surface area contributed by atoms with Crippen LogP contribution < -0.4 is 10.2 Å². The van der Waals surface area contributed by atoms with Gasteiger partial charge in [-0.05, 0) is 0 Å². The molecule has 1 aliphatic heterocycles. The second-order valence-corrected chi connectivity index (χ2v) is 9.00. The highest BCUT2D eigenvalue weighted by atomic mass is 79.9. The van der Waals surface area contributed by atoms with Gasteiger partial charge in [0.2, 0.25) is 0 Å². The molecule has 0 amide bonds. The van der Waals surface area contributed by atoms with E-state index in [0.29, 0.717) is 6.54 Å². The van der Waals surface area contributed by atoms with Crippen molar-refractivity contribution in [2.24, 2.45) is 0 Å². The Morgan fingerprint density at radius 1 is 1.31 bits per heavy atom. The lowest BCUT2D eigenvalue weighted by molar-refractivity contribution is -0.210. The van der Waals surface area contributed by atoms with Crippen molar-refractivity contribution in [2.45, 2.75) is 50.5 Å². The standard InChI is InChI=1S/C14H25BrClN2O7P/c1-4-17-26(21,18-6-5-16)25-13-7-11(15)14(23-10(3)20)12(24-13)8-22-9(2)19/h11-14H,4-8H2,1-3H3,(H2,17,18,21). The molecule has 1 rings (SSSR count). The molecule has 5 unspecified atom stereocenters. The lowest BCUT2D eigenvalue weighted by Crippen LogP contribution is -2.51. The van der Waals surface area contributed by atoms with Crippen molar-refractivity contribution in [3.8, 4) is 0 Å². The summed E-state index contributed by atoms with van der Waals surface area (Å²) in [6, 6.07) is 0. The van der Waals surface area contributed by atoms with Crippen molar-refractivity contribution in [3.05, 3.63) is 0 Å². The maximum atomic E-state index is 12.8. The largest absolute Gasteiger partial charge is 0.463 e. The van der Waals surface area contributed by atoms with Gasteiger partial charge >= 0.3 is 19.6 Å². The van der Waals surface area contributed by atoms with E-state index in [4.69, 9.17) is 30.3 Å². The van der Waals surface area contributed by atoms with E-state index >= 15 is 0 Å². The summed E-state index contributed by atoms with van der Waals surface area (Å²) < 4.78 is 34.4. The minimum atomic E-state index is -3.39. The van der Waals surface area contributed by atoms with Gasteiger partial charge in [-0.1, -0.05) is 22.9 Å². The van der Waals surface area contributed by atoms with Crippen LogP contribution in [0.15, 0.2) is 0 Å². The predicted molar refractivity (Wildman–Crippen MR) is 99.3 cm³/mol. The summed E-state index contributed by atoms with van der Waals surface area (Å²) in [5, 5.41) is 5.50. The maximum Gasteiger partial charge on any atom is 0.343 e. The zero-order valence-corrected chi connectivity index (χ0v) is 18.1. The van der Waals surface area contributed by atoms with Crippen molar-refractivity contribution in [1.29, 1.82) is 0 Å². The average molecular weight is 480 g/mol. The fourth-order valence-electron chi connectivity index (χ4n) is 2.32. The van der Waals surface area contributed by atoms with E-state index in [9.17, 15) is 14.2 Å². The van der Waals surface area contributed by atoms with Gasteiger partial charge in [-0.15, -0.1) is 11.6 Å². The van der Waals surface area contributed by atoms with Crippen molar-refractivity contribution < 1.29 is 32.9 Å². The number of alkyl halides is 2. The summed E-state index contributed by atoms with van der Waals surface area (Å²) in [5.74, 6) is -0.724. The Bertz CT molecular complexity index is 528. The molecule has 0 aliphatic carbocycles. The van der Waals surface area contributed by atoms with Gasteiger partial charge in [0, 0.05) is 39.2 Å². The third-order valence-corrected chi connectivity index (χ3v) is 6.26. The number of ether oxygens (including phenoxy) is 3. The molecule has 0 radical (unpaired) electrons. The van der Waals surface area contributed by atoms with E-state index in [2.05, 4.69) is 26.1 Å². The van der Waals surface area contributed by atoms with Gasteiger partial charge in [-0.25, -0.2) is 10.2 Å². The highest BCUT2D eigenvalue weighted by Gasteiger charge is 2.43. The lowest BCUT2D eigenvalue weighted by Gasteiger charge is -2.39. The molecular formula is C14H25BrClN2O7P. The predicted octanol–water partition coefficient (Wildman–Crippen LogP) is 1.92. The van der Waals surface area contributed by atoms with Crippen molar-refractivity contribution in [1.82, 2.24) is 10.2 Å². The molecule has 0 spiro atoms. The molecule has 1 heterocycles. The summed E-state index contributed by atoms with van der Waals surface area (Å²) in [4.78, 5) is 22.1. The second kappa shape index (κ2) is 11.6. The average Bonchev–Trinajstić information content (AvgIpc) is 2.53. The molecule has 0 aromatic heterocycles. The van der Waals surface area contributed by atoms with Crippen molar-refractivity contribution in [2.75, 3.05) is 25.6 Å². The van der Waals surface area contributed by atoms with Crippen LogP contribution in [-0.2, 0) is 32.9 Å². The van der Waals surface area contributed by atoms with Gasteiger partial charge < -0.3 is 14.2 Å². The van der Waals surface area contributed by atoms with E-state index in [0.717, 1.165) is 0 Å². The molecule has 0 aromatic rings. The Morgan fingerprint density at radius 2 is 2.00 bits per heavy atom. The first kappa shape index (κ1) is 23.8. The third kappa shape index (κ3) is 8.21. The fourth-order valence-corrected chi connectivity index (χ4v) is 4.85. The van der Waals surface area contributed by atoms with Gasteiger partial charge in [-0.2, -0.15) is 0 Å². The Balaban J connectivity index is 2.85. The molecule has 12 heteroatoms. The molecule has 0 saturated carbocycles. The minimum Gasteiger partial charge on any atom is -0.463 e. The zero-order valence-electron chi connectivity index (χ0n) is 14.9. The van der Waals surface area contributed by atoms with Crippen LogP contribution in [0.2, 0.25) is 0 Å². The van der Waals surface area contributed by atoms with Crippen LogP contribution in [0.5, 0.6) is 0 Å². The number of carbonyl (C=O) groups is 2. The van der Waals surface area contributed by atoms with Crippen molar-refractivity contribution >= 4 is 47.1 Å². The highest BCUT2D eigenvalue weighted by Crippen LogP contribution is 2.42. The second-order valence-electron chi connectivity index (χ2n) is 5.50. The minimum absolute atomic E-state index is 0.129. The SMILES string of the molecule is CCNP(=O)(NCCCl)OC1CC(Br)C(OC(C)=O)C(COC(C)=O)O1. The number of hydrogen-bond acceptors (Lipinski definition) is 7. The van der Waals surface area contributed by atoms with Crippen molar-refractivity contribution in [3.63, 3.8) is 0 Å². The first-order valence-electron chi connectivity index (χ1n) is 8.15. The van der Waals surface area contributed by atoms with Crippen LogP contribution in [0.1, 0.15) is 27.2 Å². The summed E-state index contributed by atoms with van der Waals surface area (Å²) in [6.45, 7) is 4.88. The van der Waals surface area contributed by atoms with Crippen LogP contribution >= 0.6 is 35.2 Å². The first-order valence-corrected chi connectivity index (χ1v) is 11.2. The molecule has 9 nitrogen and oxygen atoms in total. The lowest BCUT2D eigenvalue weighted by atomic mass is 10.0. The monoisotopic (exact) mass is 478 g/mol. The van der Waals surface area contributed by atoms with Crippen LogP contribution in [0.4, 0.5) is 0 Å². The molecule has 2 N–H and O–H groups in total. The molecule has 26 heavy (non-hydrogen) atoms. The van der Waals surface area contributed by atoms with E-state index < -0.39 is 38.1 Å². The van der Waals surface area contributed by atoms with E-state index in [1.807, 2.05) is 0 Å². The number of halogens is 2. The third-order valence-electron chi connectivity index (χ3n) is 3.27. The van der Waals surface area contributed by atoms with E-state index in [1.54, 1.807) is 6.92 Å². The van der Waals surface area contributed by atoms with Gasteiger partial charge in [-0.3, -0.25) is 18.7 Å². The molecule has 5 atom stereocenters. The normalized spacial score (nSPS) is 28.2. The number of nitrogens with one attached hydrogen (secondary N) is 2. The molecular weight excluding hydrogens is 454 g/mol. The molecule has 1 fully saturated rings. The Morgan fingerprint density at radius 3 is 2.54 bits per heavy atom. The molecule has 0 bridgehead atoms. The number of rotatable bonds is 10. The highest BCUT2D eigenvalue weighted by molar-refractivity contribution is 9.09. The van der Waals surface area contributed by atoms with Crippen LogP contribution in [0.25, 0.3) is 0 Å². The fraction of sp³-hybridized carbons (Fsp3) is 0.857. The molecule has 152 valence electrons. The summed E-state index contributed by atoms with van der Waals surface area (Å²) in [5.41, 5.74) is 0. The Kier molecular flexibility index (Phi) is 10.6. The van der Waals surface area contributed by atoms with E-state index in [-0.39, 0.29) is 30.3 Å². The van der Waals surface area contributed by atoms with Gasteiger partial charge in [0.25, 0.3) is 0 Å². The number of hydrogen-bond donors (Lipinski definition) is 2. The first-order chi connectivity index (χ1) is 12.2. The quantitative estimate of drug-likeness (QED) is 0.276. The van der Waals surface area contributed by atoms with E-state index in [1.165, 1.54) is 13.8 Å². The molecule has 0 aromatic carbocycles. The smallest absolute Gasteiger partial charge is 0.343 e. The van der Waals surface area contributed by atoms with Crippen LogP contribution in [0.3, 0.4) is 0 Å². The van der Waals surface area contributed by atoms with Crippen LogP contribution in [-0.4, -0.2) is 60.8 Å². The summed E-state index contributed by atoms with van der Waals surface area (Å²) in [6.07, 6.45) is -2.05. The summed E-state index contributed by atoms with van der Waals surface area (Å²) in [7, 11) is -3.39. The van der Waals surface area contributed by atoms with Crippen LogP contribution in [0, 0.1) is 0 Å². The Labute approximate surface area is 166 Å². The topological polar surface area (TPSA) is 112 Å². The maximum absolute atomic E-state index is 12.8. The zero-order chi connectivity index (χ0) is 19.7. The number of carbonyl (C=O) groups excluding carboxylic acids is 2. The molecule has 1 saturated heterocycles. The molecule has 1 aliphatic rings. The van der Waals surface area contributed by atoms with Gasteiger partial charge in [0.05, 0.1) is 4.83 Å². The summed E-state index contributed by atoms with van der Waals surface area (Å²) >= 11 is 9.07. The Hall–Kier alpha value is -0.220.